The van der Waals surface area contributed by atoms with Gasteiger partial charge in [-0.25, -0.2) is 13.1 Å². The van der Waals surface area contributed by atoms with E-state index < -0.39 is 10.0 Å². The molecule has 25 heavy (non-hydrogen) atoms. The van der Waals surface area contributed by atoms with Crippen molar-refractivity contribution in [3.63, 3.8) is 0 Å². The predicted molar refractivity (Wildman–Crippen MR) is 97.8 cm³/mol. The van der Waals surface area contributed by atoms with Crippen molar-refractivity contribution in [1.82, 2.24) is 10.0 Å². The van der Waals surface area contributed by atoms with Crippen LogP contribution in [0.15, 0.2) is 23.1 Å². The van der Waals surface area contributed by atoms with Gasteiger partial charge < -0.3 is 15.4 Å². The smallest absolute Gasteiger partial charge is 0.244 e. The lowest BCUT2D eigenvalue weighted by Gasteiger charge is -2.22. The standard InChI is InChI=1S/C16H23N3O4S.ClH/c1-23-14-7-6-13(18-16(20)11-3-2-8-17-10-11)9-15(14)24(21,22)19-12-4-5-12;/h6-7,9,11-12,17,19H,2-5,8,10H2,1H3,(H,18,20);1H. The molecule has 0 spiro atoms. The van der Waals surface area contributed by atoms with Crippen molar-refractivity contribution < 1.29 is 17.9 Å². The van der Waals surface area contributed by atoms with Crippen LogP contribution in [0.25, 0.3) is 0 Å². The van der Waals surface area contributed by atoms with Crippen LogP contribution in [0, 0.1) is 5.92 Å². The molecule has 2 aliphatic rings. The van der Waals surface area contributed by atoms with Gasteiger partial charge in [-0.2, -0.15) is 0 Å². The Bertz CT molecular complexity index is 716. The summed E-state index contributed by atoms with van der Waals surface area (Å²) in [6.45, 7) is 1.58. The molecule has 140 valence electrons. The lowest BCUT2D eigenvalue weighted by Crippen LogP contribution is -2.37. The van der Waals surface area contributed by atoms with E-state index in [0.717, 1.165) is 32.2 Å². The van der Waals surface area contributed by atoms with Crippen molar-refractivity contribution in [2.24, 2.45) is 5.92 Å². The van der Waals surface area contributed by atoms with Gasteiger partial charge in [0.2, 0.25) is 15.9 Å². The van der Waals surface area contributed by atoms with Gasteiger partial charge in [-0.05, 0) is 50.4 Å². The average molecular weight is 390 g/mol. The second-order valence-corrected chi connectivity index (χ2v) is 7.98. The number of methoxy groups -OCH3 is 1. The van der Waals surface area contributed by atoms with Crippen LogP contribution >= 0.6 is 12.4 Å². The molecule has 1 aromatic rings. The van der Waals surface area contributed by atoms with Gasteiger partial charge in [0.25, 0.3) is 0 Å². The number of carbonyl (C=O) groups is 1. The zero-order valence-electron chi connectivity index (χ0n) is 14.1. The number of piperidine rings is 1. The molecular formula is C16H24ClN3O4S. The molecule has 0 radical (unpaired) electrons. The van der Waals surface area contributed by atoms with Crippen LogP contribution in [0.3, 0.4) is 0 Å². The molecule has 1 aromatic carbocycles. The lowest BCUT2D eigenvalue weighted by atomic mass is 9.99. The van der Waals surface area contributed by atoms with Gasteiger partial charge in [0, 0.05) is 18.3 Å². The zero-order valence-corrected chi connectivity index (χ0v) is 15.7. The highest BCUT2D eigenvalue weighted by atomic mass is 35.5. The van der Waals surface area contributed by atoms with E-state index in [9.17, 15) is 13.2 Å². The Labute approximate surface area is 154 Å². The van der Waals surface area contributed by atoms with Crippen LogP contribution < -0.4 is 20.1 Å². The molecule has 1 unspecified atom stereocenters. The highest BCUT2D eigenvalue weighted by molar-refractivity contribution is 7.89. The second-order valence-electron chi connectivity index (χ2n) is 6.29. The van der Waals surface area contributed by atoms with Gasteiger partial charge in [-0.15, -0.1) is 12.4 Å². The summed E-state index contributed by atoms with van der Waals surface area (Å²) in [4.78, 5) is 12.4. The minimum atomic E-state index is -3.66. The fourth-order valence-corrected chi connectivity index (χ4v) is 4.27. The summed E-state index contributed by atoms with van der Waals surface area (Å²) in [6.07, 6.45) is 3.51. The first-order valence-electron chi connectivity index (χ1n) is 8.21. The molecule has 1 amide bonds. The summed E-state index contributed by atoms with van der Waals surface area (Å²) in [5, 5.41) is 6.01. The number of anilines is 1. The van der Waals surface area contributed by atoms with Crippen LogP contribution in [0.2, 0.25) is 0 Å². The Morgan fingerprint density at radius 3 is 2.64 bits per heavy atom. The minimum Gasteiger partial charge on any atom is -0.495 e. The molecule has 1 atom stereocenters. The quantitative estimate of drug-likeness (QED) is 0.685. The van der Waals surface area contributed by atoms with Gasteiger partial charge in [-0.1, -0.05) is 0 Å². The van der Waals surface area contributed by atoms with Crippen LogP contribution in [-0.4, -0.2) is 40.6 Å². The molecule has 1 aliphatic heterocycles. The number of hydrogen-bond donors (Lipinski definition) is 3. The van der Waals surface area contributed by atoms with Gasteiger partial charge in [0.05, 0.1) is 13.0 Å². The second kappa shape index (κ2) is 8.35. The van der Waals surface area contributed by atoms with Crippen molar-refractivity contribution in [2.45, 2.75) is 36.6 Å². The van der Waals surface area contributed by atoms with E-state index in [1.807, 2.05) is 0 Å². The molecule has 1 aliphatic carbocycles. The SMILES string of the molecule is COc1ccc(NC(=O)C2CCCNC2)cc1S(=O)(=O)NC1CC1.Cl. The molecule has 1 heterocycles. The monoisotopic (exact) mass is 389 g/mol. The summed E-state index contributed by atoms with van der Waals surface area (Å²) in [6, 6.07) is 4.68. The first-order valence-corrected chi connectivity index (χ1v) is 9.70. The number of benzene rings is 1. The predicted octanol–water partition coefficient (Wildman–Crippen LogP) is 1.50. The topological polar surface area (TPSA) is 96.5 Å². The van der Waals surface area contributed by atoms with Crippen LogP contribution in [0.4, 0.5) is 5.69 Å². The van der Waals surface area contributed by atoms with Crippen LogP contribution in [0.1, 0.15) is 25.7 Å². The number of ether oxygens (including phenoxy) is 1. The van der Waals surface area contributed by atoms with E-state index in [1.54, 1.807) is 12.1 Å². The van der Waals surface area contributed by atoms with Gasteiger partial charge in [-0.3, -0.25) is 4.79 Å². The number of amides is 1. The summed E-state index contributed by atoms with van der Waals surface area (Å²) >= 11 is 0. The minimum absolute atomic E-state index is 0. The number of sulfonamides is 1. The number of halogens is 1. The van der Waals surface area contributed by atoms with Gasteiger partial charge in [0.15, 0.2) is 0 Å². The summed E-state index contributed by atoms with van der Waals surface area (Å²) in [5.41, 5.74) is 0.461. The van der Waals surface area contributed by atoms with E-state index in [1.165, 1.54) is 13.2 Å². The van der Waals surface area contributed by atoms with E-state index in [4.69, 9.17) is 4.74 Å². The molecule has 0 bridgehead atoms. The maximum Gasteiger partial charge on any atom is 0.244 e. The third-order valence-corrected chi connectivity index (χ3v) is 5.83. The molecule has 7 nitrogen and oxygen atoms in total. The molecule has 1 saturated carbocycles. The number of nitrogens with one attached hydrogen (secondary N) is 3. The number of hydrogen-bond acceptors (Lipinski definition) is 5. The molecular weight excluding hydrogens is 366 g/mol. The molecule has 2 fully saturated rings. The summed E-state index contributed by atoms with van der Waals surface area (Å²) < 4.78 is 32.8. The number of carbonyl (C=O) groups excluding carboxylic acids is 1. The van der Waals surface area contributed by atoms with Gasteiger partial charge >= 0.3 is 0 Å². The third-order valence-electron chi connectivity index (χ3n) is 4.29. The summed E-state index contributed by atoms with van der Waals surface area (Å²) in [5.74, 6) is 0.0804. The van der Waals surface area contributed by atoms with Crippen molar-refractivity contribution in [2.75, 3.05) is 25.5 Å². The molecule has 3 rings (SSSR count). The third kappa shape index (κ3) is 5.07. The molecule has 0 aromatic heterocycles. The highest BCUT2D eigenvalue weighted by Gasteiger charge is 2.30. The van der Waals surface area contributed by atoms with E-state index in [0.29, 0.717) is 12.2 Å². The molecule has 9 heteroatoms. The largest absolute Gasteiger partial charge is 0.495 e. The fraction of sp³-hybridized carbons (Fsp3) is 0.562. The van der Waals surface area contributed by atoms with Crippen molar-refractivity contribution in [3.8, 4) is 5.75 Å². The van der Waals surface area contributed by atoms with Crippen molar-refractivity contribution in [1.29, 1.82) is 0 Å². The van der Waals surface area contributed by atoms with E-state index in [2.05, 4.69) is 15.4 Å². The maximum atomic E-state index is 12.5. The molecule has 1 saturated heterocycles. The normalized spacial score (nSPS) is 20.4. The van der Waals surface area contributed by atoms with E-state index >= 15 is 0 Å². The van der Waals surface area contributed by atoms with Crippen molar-refractivity contribution in [3.05, 3.63) is 18.2 Å². The fourth-order valence-electron chi connectivity index (χ4n) is 2.77. The highest BCUT2D eigenvalue weighted by Crippen LogP contribution is 2.30. The number of rotatable bonds is 6. The Balaban J connectivity index is 0.00000225. The Morgan fingerprint density at radius 2 is 2.04 bits per heavy atom. The average Bonchev–Trinajstić information content (AvgIpc) is 3.39. The Kier molecular flexibility index (Phi) is 6.67. The Morgan fingerprint density at radius 1 is 1.28 bits per heavy atom. The van der Waals surface area contributed by atoms with Gasteiger partial charge in [0.1, 0.15) is 10.6 Å². The van der Waals surface area contributed by atoms with Crippen molar-refractivity contribution >= 4 is 34.0 Å². The zero-order chi connectivity index (χ0) is 17.2. The van der Waals surface area contributed by atoms with E-state index in [-0.39, 0.29) is 40.9 Å². The first-order chi connectivity index (χ1) is 11.5. The lowest BCUT2D eigenvalue weighted by molar-refractivity contribution is -0.120. The molecule has 3 N–H and O–H groups in total. The maximum absolute atomic E-state index is 12.5. The van der Waals surface area contributed by atoms with Crippen LogP contribution in [-0.2, 0) is 14.8 Å². The first kappa shape index (κ1) is 20.0. The Hall–Kier alpha value is -1.35. The van der Waals surface area contributed by atoms with Crippen LogP contribution in [0.5, 0.6) is 5.75 Å². The summed E-state index contributed by atoms with van der Waals surface area (Å²) in [7, 11) is -2.23.